The molecule has 21 heavy (non-hydrogen) atoms. The van der Waals surface area contributed by atoms with Gasteiger partial charge in [0.05, 0.1) is 0 Å². The molecule has 1 saturated heterocycles. The summed E-state index contributed by atoms with van der Waals surface area (Å²) < 4.78 is 6.49. The number of halogens is 1. The van der Waals surface area contributed by atoms with E-state index in [0.29, 0.717) is 12.1 Å². The second kappa shape index (κ2) is 5.79. The zero-order valence-electron chi connectivity index (χ0n) is 13.2. The molecule has 3 unspecified atom stereocenters. The predicted octanol–water partition coefficient (Wildman–Crippen LogP) is 3.63. The Bertz CT molecular complexity index is 522. The van der Waals surface area contributed by atoms with Crippen molar-refractivity contribution in [1.29, 1.82) is 0 Å². The van der Waals surface area contributed by atoms with Crippen LogP contribution < -0.4 is 10.1 Å². The number of ether oxygens (including phenoxy) is 1. The SMILES string of the molecule is CCNC1CC2(CCN(C)C(C)C2)Oc2ccc(Cl)cc21. The summed E-state index contributed by atoms with van der Waals surface area (Å²) in [6.07, 6.45) is 3.22. The molecule has 3 rings (SSSR count). The Morgan fingerprint density at radius 2 is 2.24 bits per heavy atom. The highest BCUT2D eigenvalue weighted by molar-refractivity contribution is 6.30. The van der Waals surface area contributed by atoms with Gasteiger partial charge in [-0.2, -0.15) is 0 Å². The van der Waals surface area contributed by atoms with Crippen LogP contribution in [0.2, 0.25) is 5.02 Å². The van der Waals surface area contributed by atoms with E-state index in [0.717, 1.165) is 43.1 Å². The number of nitrogens with one attached hydrogen (secondary N) is 1. The van der Waals surface area contributed by atoms with Gasteiger partial charge < -0.3 is 15.0 Å². The van der Waals surface area contributed by atoms with Crippen molar-refractivity contribution in [1.82, 2.24) is 10.2 Å². The van der Waals surface area contributed by atoms with Crippen molar-refractivity contribution in [2.45, 2.75) is 50.8 Å². The molecule has 0 saturated carbocycles. The van der Waals surface area contributed by atoms with Gasteiger partial charge in [-0.05, 0) is 45.1 Å². The second-order valence-corrected chi connectivity index (χ2v) is 7.00. The van der Waals surface area contributed by atoms with Crippen LogP contribution in [0.5, 0.6) is 5.75 Å². The third-order valence-corrected chi connectivity index (χ3v) is 5.28. The van der Waals surface area contributed by atoms with E-state index in [1.54, 1.807) is 0 Å². The highest BCUT2D eigenvalue weighted by Crippen LogP contribution is 2.45. The molecule has 2 aliphatic rings. The van der Waals surface area contributed by atoms with Gasteiger partial charge in [0, 0.05) is 42.1 Å². The normalized spacial score (nSPS) is 32.8. The lowest BCUT2D eigenvalue weighted by molar-refractivity contribution is -0.0389. The largest absolute Gasteiger partial charge is 0.487 e. The van der Waals surface area contributed by atoms with Gasteiger partial charge in [0.25, 0.3) is 0 Å². The molecule has 3 nitrogen and oxygen atoms in total. The standard InChI is InChI=1S/C17H25ClN2O/c1-4-19-15-11-17(7-8-20(3)12(2)10-17)21-16-6-5-13(18)9-14(15)16/h5-6,9,12,15,19H,4,7-8,10-11H2,1-3H3. The fraction of sp³-hybridized carbons (Fsp3) is 0.647. The monoisotopic (exact) mass is 308 g/mol. The van der Waals surface area contributed by atoms with E-state index in [-0.39, 0.29) is 5.60 Å². The first kappa shape index (κ1) is 15.1. The summed E-state index contributed by atoms with van der Waals surface area (Å²) in [5.41, 5.74) is 1.18. The van der Waals surface area contributed by atoms with Crippen LogP contribution in [0.1, 0.15) is 44.7 Å². The van der Waals surface area contributed by atoms with Crippen molar-refractivity contribution in [3.63, 3.8) is 0 Å². The lowest BCUT2D eigenvalue weighted by Crippen LogP contribution is -2.54. The number of hydrogen-bond donors (Lipinski definition) is 1. The Hall–Kier alpha value is -0.770. The summed E-state index contributed by atoms with van der Waals surface area (Å²) in [6.45, 7) is 6.51. The van der Waals surface area contributed by atoms with Crippen molar-refractivity contribution < 1.29 is 4.74 Å². The Kier molecular flexibility index (Phi) is 4.17. The molecule has 2 heterocycles. The Balaban J connectivity index is 1.92. The van der Waals surface area contributed by atoms with E-state index in [1.807, 2.05) is 12.1 Å². The first-order valence-electron chi connectivity index (χ1n) is 7.95. The zero-order chi connectivity index (χ0) is 15.0. The number of benzene rings is 1. The number of piperidine rings is 1. The first-order chi connectivity index (χ1) is 10.0. The molecule has 1 spiro atoms. The fourth-order valence-electron chi connectivity index (χ4n) is 3.74. The summed E-state index contributed by atoms with van der Waals surface area (Å²) >= 11 is 6.17. The predicted molar refractivity (Wildman–Crippen MR) is 87.2 cm³/mol. The maximum Gasteiger partial charge on any atom is 0.125 e. The van der Waals surface area contributed by atoms with E-state index in [9.17, 15) is 0 Å². The highest BCUT2D eigenvalue weighted by Gasteiger charge is 2.44. The lowest BCUT2D eigenvalue weighted by Gasteiger charge is -2.48. The van der Waals surface area contributed by atoms with Crippen molar-refractivity contribution >= 4 is 11.6 Å². The van der Waals surface area contributed by atoms with Gasteiger partial charge in [-0.3, -0.25) is 0 Å². The molecular weight excluding hydrogens is 284 g/mol. The first-order valence-corrected chi connectivity index (χ1v) is 8.33. The summed E-state index contributed by atoms with van der Waals surface area (Å²) in [7, 11) is 2.20. The number of hydrogen-bond acceptors (Lipinski definition) is 3. The van der Waals surface area contributed by atoms with Crippen LogP contribution in [-0.2, 0) is 0 Å². The van der Waals surface area contributed by atoms with E-state index < -0.39 is 0 Å². The quantitative estimate of drug-likeness (QED) is 0.903. The maximum atomic E-state index is 6.49. The van der Waals surface area contributed by atoms with E-state index >= 15 is 0 Å². The molecular formula is C17H25ClN2O. The van der Waals surface area contributed by atoms with Crippen LogP contribution in [0.3, 0.4) is 0 Å². The van der Waals surface area contributed by atoms with Crippen LogP contribution in [0.25, 0.3) is 0 Å². The average Bonchev–Trinajstić information content (AvgIpc) is 2.45. The summed E-state index contributed by atoms with van der Waals surface area (Å²) in [5, 5.41) is 4.40. The maximum absolute atomic E-state index is 6.49. The Morgan fingerprint density at radius 3 is 2.95 bits per heavy atom. The van der Waals surface area contributed by atoms with Gasteiger partial charge in [0.1, 0.15) is 11.4 Å². The summed E-state index contributed by atoms with van der Waals surface area (Å²) in [5.74, 6) is 1.01. The molecule has 0 amide bonds. The minimum atomic E-state index is -0.0282. The molecule has 0 aromatic heterocycles. The van der Waals surface area contributed by atoms with Gasteiger partial charge in [-0.15, -0.1) is 0 Å². The second-order valence-electron chi connectivity index (χ2n) is 6.57. The third kappa shape index (κ3) is 2.92. The Morgan fingerprint density at radius 1 is 1.43 bits per heavy atom. The van der Waals surface area contributed by atoms with E-state index in [4.69, 9.17) is 16.3 Å². The van der Waals surface area contributed by atoms with E-state index in [2.05, 4.69) is 37.2 Å². The minimum Gasteiger partial charge on any atom is -0.487 e. The Labute approximate surface area is 132 Å². The third-order valence-electron chi connectivity index (χ3n) is 5.04. The average molecular weight is 309 g/mol. The number of nitrogens with zero attached hydrogens (tertiary/aromatic N) is 1. The molecule has 1 fully saturated rings. The molecule has 3 atom stereocenters. The van der Waals surface area contributed by atoms with Gasteiger partial charge in [-0.25, -0.2) is 0 Å². The van der Waals surface area contributed by atoms with Crippen molar-refractivity contribution in [3.8, 4) is 5.75 Å². The van der Waals surface area contributed by atoms with Gasteiger partial charge in [-0.1, -0.05) is 18.5 Å². The van der Waals surface area contributed by atoms with Crippen molar-refractivity contribution in [2.75, 3.05) is 20.1 Å². The number of fused-ring (bicyclic) bond motifs is 1. The van der Waals surface area contributed by atoms with Gasteiger partial charge in [0.15, 0.2) is 0 Å². The molecule has 0 bridgehead atoms. The molecule has 1 aromatic rings. The molecule has 2 aliphatic heterocycles. The van der Waals surface area contributed by atoms with E-state index in [1.165, 1.54) is 5.56 Å². The molecule has 4 heteroatoms. The van der Waals surface area contributed by atoms with Crippen LogP contribution >= 0.6 is 11.6 Å². The molecule has 0 aliphatic carbocycles. The molecule has 0 radical (unpaired) electrons. The van der Waals surface area contributed by atoms with Gasteiger partial charge >= 0.3 is 0 Å². The van der Waals surface area contributed by atoms with Crippen LogP contribution in [0.15, 0.2) is 18.2 Å². The van der Waals surface area contributed by atoms with Crippen LogP contribution in [-0.4, -0.2) is 36.7 Å². The minimum absolute atomic E-state index is 0.0282. The summed E-state index contributed by atoms with van der Waals surface area (Å²) in [6, 6.07) is 6.92. The molecule has 1 N–H and O–H groups in total. The summed E-state index contributed by atoms with van der Waals surface area (Å²) in [4.78, 5) is 2.42. The lowest BCUT2D eigenvalue weighted by atomic mass is 9.78. The zero-order valence-corrected chi connectivity index (χ0v) is 13.9. The molecule has 1 aromatic carbocycles. The van der Waals surface area contributed by atoms with Crippen molar-refractivity contribution in [2.24, 2.45) is 0 Å². The fourth-order valence-corrected chi connectivity index (χ4v) is 3.93. The van der Waals surface area contributed by atoms with Crippen LogP contribution in [0, 0.1) is 0 Å². The number of rotatable bonds is 2. The van der Waals surface area contributed by atoms with Gasteiger partial charge in [0.2, 0.25) is 0 Å². The molecule has 116 valence electrons. The van der Waals surface area contributed by atoms with Crippen LogP contribution in [0.4, 0.5) is 0 Å². The highest BCUT2D eigenvalue weighted by atomic mass is 35.5. The topological polar surface area (TPSA) is 24.5 Å². The smallest absolute Gasteiger partial charge is 0.125 e. The number of likely N-dealkylation sites (tertiary alicyclic amines) is 1. The van der Waals surface area contributed by atoms with Crippen molar-refractivity contribution in [3.05, 3.63) is 28.8 Å².